The fourth-order valence-electron chi connectivity index (χ4n) is 5.89. The summed E-state index contributed by atoms with van der Waals surface area (Å²) in [4.78, 5) is 43.2. The lowest BCUT2D eigenvalue weighted by Crippen LogP contribution is -2.54. The number of fused-ring (bicyclic) bond motifs is 1. The first kappa shape index (κ1) is 23.8. The molecule has 5 atom stereocenters. The Bertz CT molecular complexity index is 909. The van der Waals surface area contributed by atoms with Crippen LogP contribution in [0.2, 0.25) is 0 Å². The van der Waals surface area contributed by atoms with Gasteiger partial charge in [-0.3, -0.25) is 14.4 Å². The molecule has 2 bridgehead atoms. The fourth-order valence-corrected chi connectivity index (χ4v) is 8.10. The van der Waals surface area contributed by atoms with Gasteiger partial charge in [0.25, 0.3) is 0 Å². The van der Waals surface area contributed by atoms with Crippen LogP contribution in [-0.2, 0) is 20.9 Å². The second-order valence-corrected chi connectivity index (χ2v) is 10.8. The van der Waals surface area contributed by atoms with E-state index in [1.165, 1.54) is 0 Å². The standard InChI is InChI=1S/C25H32N2O5S/c1-2-13-26(16-17-9-5-3-6-10-17)23(30)21-25-12-11-18(33-25)19(24(31)32)20(25)22(29)27(21)14-7-4-8-15-28/h2-3,5-6,9-10,18-21,28H,1,4,7-8,11-16H2,(H,31,32)/t18-,19+,20+,21?,25?/m1/s1. The molecule has 3 aliphatic heterocycles. The molecule has 3 saturated heterocycles. The third-order valence-corrected chi connectivity index (χ3v) is 9.21. The van der Waals surface area contributed by atoms with E-state index in [4.69, 9.17) is 5.11 Å². The van der Waals surface area contributed by atoms with E-state index in [2.05, 4.69) is 6.58 Å². The zero-order chi connectivity index (χ0) is 23.6. The van der Waals surface area contributed by atoms with Gasteiger partial charge in [-0.15, -0.1) is 18.3 Å². The molecule has 1 spiro atoms. The molecular formula is C25H32N2O5S. The highest BCUT2D eigenvalue weighted by molar-refractivity contribution is 8.02. The van der Waals surface area contributed by atoms with Gasteiger partial charge in [0.1, 0.15) is 6.04 Å². The Balaban J connectivity index is 1.66. The molecule has 3 heterocycles. The van der Waals surface area contributed by atoms with Gasteiger partial charge in [-0.1, -0.05) is 36.4 Å². The zero-order valence-corrected chi connectivity index (χ0v) is 19.6. The minimum Gasteiger partial charge on any atom is -0.481 e. The van der Waals surface area contributed by atoms with Crippen LogP contribution < -0.4 is 0 Å². The average Bonchev–Trinajstić information content (AvgIpc) is 3.44. The molecule has 7 nitrogen and oxygen atoms in total. The Hall–Kier alpha value is -2.32. The van der Waals surface area contributed by atoms with Gasteiger partial charge < -0.3 is 20.0 Å². The maximum absolute atomic E-state index is 14.1. The molecule has 1 aromatic rings. The predicted octanol–water partition coefficient (Wildman–Crippen LogP) is 2.54. The normalized spacial score (nSPS) is 29.8. The number of benzene rings is 1. The van der Waals surface area contributed by atoms with Gasteiger partial charge in [0.05, 0.1) is 16.6 Å². The Morgan fingerprint density at radius 3 is 2.67 bits per heavy atom. The van der Waals surface area contributed by atoms with E-state index in [0.717, 1.165) is 12.0 Å². The van der Waals surface area contributed by atoms with Crippen LogP contribution >= 0.6 is 11.8 Å². The number of hydrogen-bond donors (Lipinski definition) is 2. The number of carbonyl (C=O) groups is 3. The van der Waals surface area contributed by atoms with Crippen molar-refractivity contribution < 1.29 is 24.6 Å². The number of carbonyl (C=O) groups excluding carboxylic acids is 2. The summed E-state index contributed by atoms with van der Waals surface area (Å²) in [5, 5.41) is 18.9. The molecule has 178 valence electrons. The summed E-state index contributed by atoms with van der Waals surface area (Å²) in [6.07, 6.45) is 5.15. The second kappa shape index (κ2) is 9.89. The Morgan fingerprint density at radius 2 is 2.00 bits per heavy atom. The number of likely N-dealkylation sites (tertiary alicyclic amines) is 1. The van der Waals surface area contributed by atoms with Crippen molar-refractivity contribution in [3.63, 3.8) is 0 Å². The van der Waals surface area contributed by atoms with E-state index in [-0.39, 0.29) is 23.7 Å². The first-order valence-electron chi connectivity index (χ1n) is 11.7. The minimum atomic E-state index is -0.937. The van der Waals surface area contributed by atoms with Gasteiger partial charge in [0, 0.05) is 31.5 Å². The summed E-state index contributed by atoms with van der Waals surface area (Å²) in [6, 6.07) is 9.04. The lowest BCUT2D eigenvalue weighted by molar-refractivity contribution is -0.148. The first-order valence-corrected chi connectivity index (χ1v) is 12.6. The van der Waals surface area contributed by atoms with Crippen LogP contribution in [0.15, 0.2) is 43.0 Å². The van der Waals surface area contributed by atoms with E-state index >= 15 is 0 Å². The van der Waals surface area contributed by atoms with Gasteiger partial charge in [-0.25, -0.2) is 0 Å². The molecular weight excluding hydrogens is 440 g/mol. The Morgan fingerprint density at radius 1 is 1.24 bits per heavy atom. The van der Waals surface area contributed by atoms with E-state index in [9.17, 15) is 19.5 Å². The number of aliphatic hydroxyl groups excluding tert-OH is 1. The number of rotatable bonds is 11. The monoisotopic (exact) mass is 472 g/mol. The lowest BCUT2D eigenvalue weighted by Gasteiger charge is -2.37. The predicted molar refractivity (Wildman–Crippen MR) is 126 cm³/mol. The Kier molecular flexibility index (Phi) is 7.14. The highest BCUT2D eigenvalue weighted by Crippen LogP contribution is 2.66. The smallest absolute Gasteiger partial charge is 0.308 e. The molecule has 0 aliphatic carbocycles. The van der Waals surface area contributed by atoms with Crippen molar-refractivity contribution >= 4 is 29.5 Å². The first-order chi connectivity index (χ1) is 15.9. The van der Waals surface area contributed by atoms with Crippen molar-refractivity contribution in [2.45, 2.75) is 54.7 Å². The number of carboxylic acids is 1. The van der Waals surface area contributed by atoms with Crippen LogP contribution in [0.4, 0.5) is 0 Å². The summed E-state index contributed by atoms with van der Waals surface area (Å²) in [7, 11) is 0. The topological polar surface area (TPSA) is 98.2 Å². The van der Waals surface area contributed by atoms with Gasteiger partial charge in [0.15, 0.2) is 0 Å². The highest BCUT2D eigenvalue weighted by atomic mass is 32.2. The summed E-state index contributed by atoms with van der Waals surface area (Å²) in [5.41, 5.74) is 0.993. The number of nitrogens with zero attached hydrogens (tertiary/aromatic N) is 2. The zero-order valence-electron chi connectivity index (χ0n) is 18.8. The van der Waals surface area contributed by atoms with Gasteiger partial charge in [-0.2, -0.15) is 0 Å². The minimum absolute atomic E-state index is 0.0890. The summed E-state index contributed by atoms with van der Waals surface area (Å²) in [6.45, 7) is 5.08. The number of unbranched alkanes of at least 4 members (excludes halogenated alkanes) is 2. The van der Waals surface area contributed by atoms with Crippen molar-refractivity contribution in [3.8, 4) is 0 Å². The molecule has 3 fully saturated rings. The van der Waals surface area contributed by atoms with E-state index in [0.29, 0.717) is 45.3 Å². The molecule has 8 heteroatoms. The summed E-state index contributed by atoms with van der Waals surface area (Å²) >= 11 is 1.56. The van der Waals surface area contributed by atoms with Crippen LogP contribution in [0.5, 0.6) is 0 Å². The number of aliphatic hydroxyl groups is 1. The summed E-state index contributed by atoms with van der Waals surface area (Å²) < 4.78 is -0.686. The number of amides is 2. The molecule has 1 aromatic carbocycles. The van der Waals surface area contributed by atoms with Crippen molar-refractivity contribution in [1.82, 2.24) is 9.80 Å². The molecule has 3 aliphatic rings. The van der Waals surface area contributed by atoms with E-state index < -0.39 is 28.6 Å². The maximum atomic E-state index is 14.1. The number of thioether (sulfide) groups is 1. The van der Waals surface area contributed by atoms with Gasteiger partial charge >= 0.3 is 5.97 Å². The van der Waals surface area contributed by atoms with Crippen molar-refractivity contribution in [2.24, 2.45) is 11.8 Å². The second-order valence-electron chi connectivity index (χ2n) is 9.20. The van der Waals surface area contributed by atoms with Crippen molar-refractivity contribution in [1.29, 1.82) is 0 Å². The number of aliphatic carboxylic acids is 1. The number of carboxylic acid groups (broad SMARTS) is 1. The quantitative estimate of drug-likeness (QED) is 0.379. The molecule has 0 saturated carbocycles. The molecule has 0 aromatic heterocycles. The van der Waals surface area contributed by atoms with Gasteiger partial charge in [-0.05, 0) is 37.7 Å². The third-order valence-electron chi connectivity index (χ3n) is 7.25. The van der Waals surface area contributed by atoms with Crippen LogP contribution in [0.3, 0.4) is 0 Å². The van der Waals surface area contributed by atoms with Crippen LogP contribution in [-0.4, -0.2) is 73.5 Å². The van der Waals surface area contributed by atoms with E-state index in [1.54, 1.807) is 27.6 Å². The molecule has 33 heavy (non-hydrogen) atoms. The van der Waals surface area contributed by atoms with Gasteiger partial charge in [0.2, 0.25) is 11.8 Å². The van der Waals surface area contributed by atoms with E-state index in [1.807, 2.05) is 30.3 Å². The van der Waals surface area contributed by atoms with Crippen LogP contribution in [0.25, 0.3) is 0 Å². The van der Waals surface area contributed by atoms with Crippen molar-refractivity contribution in [2.75, 3.05) is 19.7 Å². The third kappa shape index (κ3) is 4.19. The average molecular weight is 473 g/mol. The number of hydrogen-bond acceptors (Lipinski definition) is 5. The maximum Gasteiger partial charge on any atom is 0.308 e. The Labute approximate surface area is 198 Å². The molecule has 2 unspecified atom stereocenters. The fraction of sp³-hybridized carbons (Fsp3) is 0.560. The lowest BCUT2D eigenvalue weighted by atomic mass is 9.71. The highest BCUT2D eigenvalue weighted by Gasteiger charge is 2.73. The van der Waals surface area contributed by atoms with Crippen LogP contribution in [0, 0.1) is 11.8 Å². The summed E-state index contributed by atoms with van der Waals surface area (Å²) in [5.74, 6) is -2.66. The molecule has 2 amide bonds. The molecule has 2 N–H and O–H groups in total. The largest absolute Gasteiger partial charge is 0.481 e. The van der Waals surface area contributed by atoms with Crippen LogP contribution in [0.1, 0.15) is 37.7 Å². The van der Waals surface area contributed by atoms with Crippen molar-refractivity contribution in [3.05, 3.63) is 48.6 Å². The molecule has 4 rings (SSSR count). The SMILES string of the molecule is C=CCN(Cc1ccccc1)C(=O)C1N(CCCCCO)C(=O)[C@@H]2[C@@H](C(=O)O)[C@H]3CCC12S3. The molecule has 0 radical (unpaired) electrons.